The van der Waals surface area contributed by atoms with Crippen LogP contribution in [-0.4, -0.2) is 17.7 Å². The Hall–Kier alpha value is -1.61. The van der Waals surface area contributed by atoms with Crippen LogP contribution < -0.4 is 0 Å². The average Bonchev–Trinajstić information content (AvgIpc) is 3.28. The highest BCUT2D eigenvalue weighted by Crippen LogP contribution is 2.70. The second kappa shape index (κ2) is 10.3. The van der Waals surface area contributed by atoms with Crippen LogP contribution in [0.25, 0.3) is 0 Å². The molecule has 3 heteroatoms. The van der Waals surface area contributed by atoms with Gasteiger partial charge in [0.25, 0.3) is 0 Å². The third-order valence-corrected chi connectivity index (χ3v) is 12.9. The third-order valence-electron chi connectivity index (χ3n) is 12.9. The van der Waals surface area contributed by atoms with Crippen LogP contribution in [-0.2, 0) is 20.9 Å². The van der Waals surface area contributed by atoms with Gasteiger partial charge in [0.05, 0.1) is 12.2 Å². The smallest absolute Gasteiger partial charge is 0.306 e. The number of ether oxygens (including phenoxy) is 2. The van der Waals surface area contributed by atoms with Crippen LogP contribution in [0.15, 0.2) is 42.0 Å². The van der Waals surface area contributed by atoms with Gasteiger partial charge in [-0.05, 0) is 97.3 Å². The summed E-state index contributed by atoms with van der Waals surface area (Å²) in [6, 6.07) is 10.9. The molecule has 1 aliphatic heterocycles. The standard InChI is InChI=1S/C36H52O3/c1-24(2)27-21-32(39-33(37)22-27)25(3)29-16-17-30-31-15-14-28-13-9-10-18-35(28,5)36(31,20-19-34(29,30)4)38-23-26-11-7-6-8-12-26/h6-8,11-12,16,24-25,27-28,30-32H,9-10,13-15,17-23H2,1-5H3/t25?,27?,28?,30?,31?,32?,34-,35+,36?/m1/s1. The molecule has 0 spiro atoms. The monoisotopic (exact) mass is 532 g/mol. The number of carbonyl (C=O) groups excluding carboxylic acids is 1. The Labute approximate surface area is 237 Å². The lowest BCUT2D eigenvalue weighted by molar-refractivity contribution is -0.261. The van der Waals surface area contributed by atoms with Crippen molar-refractivity contribution in [2.75, 3.05) is 0 Å². The Morgan fingerprint density at radius 1 is 0.974 bits per heavy atom. The van der Waals surface area contributed by atoms with Crippen molar-refractivity contribution in [2.24, 2.45) is 46.3 Å². The van der Waals surface area contributed by atoms with Crippen LogP contribution in [0.1, 0.15) is 111 Å². The number of hydrogen-bond acceptors (Lipinski definition) is 3. The van der Waals surface area contributed by atoms with Gasteiger partial charge in [0.15, 0.2) is 0 Å². The molecule has 3 nitrogen and oxygen atoms in total. The van der Waals surface area contributed by atoms with Crippen molar-refractivity contribution in [1.82, 2.24) is 0 Å². The van der Waals surface area contributed by atoms with Crippen LogP contribution in [0.4, 0.5) is 0 Å². The van der Waals surface area contributed by atoms with E-state index in [4.69, 9.17) is 9.47 Å². The molecular weight excluding hydrogens is 480 g/mol. The predicted molar refractivity (Wildman–Crippen MR) is 157 cm³/mol. The highest BCUT2D eigenvalue weighted by molar-refractivity contribution is 5.70. The molecule has 5 aliphatic rings. The minimum Gasteiger partial charge on any atom is -0.462 e. The Balaban J connectivity index is 1.29. The summed E-state index contributed by atoms with van der Waals surface area (Å²) in [6.07, 6.45) is 15.8. The SMILES string of the molecule is CC(C)C1CC(=O)OC(C(C)C2=CCC3C4CCC5CCCC[C@]5(C)C4(OCc4ccccc4)CC[C@]23C)C1. The molecule has 6 rings (SSSR count). The molecule has 39 heavy (non-hydrogen) atoms. The molecule has 0 amide bonds. The summed E-state index contributed by atoms with van der Waals surface area (Å²) in [5, 5.41) is 0. The number of benzene rings is 1. The minimum atomic E-state index is -0.0388. The van der Waals surface area contributed by atoms with E-state index in [0.29, 0.717) is 36.0 Å². The first-order valence-corrected chi connectivity index (χ1v) is 16.3. The van der Waals surface area contributed by atoms with Crippen LogP contribution in [0.3, 0.4) is 0 Å². The van der Waals surface area contributed by atoms with Gasteiger partial charge in [0.1, 0.15) is 6.10 Å². The molecule has 9 atom stereocenters. The fourth-order valence-electron chi connectivity index (χ4n) is 10.5. The van der Waals surface area contributed by atoms with E-state index in [1.165, 1.54) is 50.5 Å². The van der Waals surface area contributed by atoms with E-state index in [0.717, 1.165) is 31.8 Å². The van der Waals surface area contributed by atoms with E-state index in [2.05, 4.69) is 71.0 Å². The highest BCUT2D eigenvalue weighted by atomic mass is 16.5. The summed E-state index contributed by atoms with van der Waals surface area (Å²) < 4.78 is 13.4. The lowest BCUT2D eigenvalue weighted by Crippen LogP contribution is -2.66. The molecule has 3 saturated carbocycles. The Kier molecular flexibility index (Phi) is 7.31. The maximum absolute atomic E-state index is 12.6. The number of rotatable bonds is 6. The molecule has 1 aromatic carbocycles. The van der Waals surface area contributed by atoms with E-state index in [9.17, 15) is 4.79 Å². The van der Waals surface area contributed by atoms with Crippen molar-refractivity contribution >= 4 is 5.97 Å². The van der Waals surface area contributed by atoms with Gasteiger partial charge in [0.2, 0.25) is 0 Å². The van der Waals surface area contributed by atoms with Gasteiger partial charge in [0, 0.05) is 12.3 Å². The second-order valence-electron chi connectivity index (χ2n) is 14.9. The zero-order valence-corrected chi connectivity index (χ0v) is 25.2. The maximum Gasteiger partial charge on any atom is 0.306 e. The van der Waals surface area contributed by atoms with Gasteiger partial charge in [-0.2, -0.15) is 0 Å². The fourth-order valence-corrected chi connectivity index (χ4v) is 10.5. The quantitative estimate of drug-likeness (QED) is 0.271. The summed E-state index contributed by atoms with van der Waals surface area (Å²) >= 11 is 0. The van der Waals surface area contributed by atoms with E-state index in [1.807, 2.05) is 0 Å². The molecule has 1 saturated heterocycles. The summed E-state index contributed by atoms with van der Waals surface area (Å²) in [5.41, 5.74) is 3.30. The van der Waals surface area contributed by atoms with Crippen molar-refractivity contribution in [3.05, 3.63) is 47.5 Å². The number of allylic oxidation sites excluding steroid dienone is 1. The maximum atomic E-state index is 12.6. The first-order chi connectivity index (χ1) is 18.7. The number of cyclic esters (lactones) is 1. The number of fused-ring (bicyclic) bond motifs is 5. The Bertz CT molecular complexity index is 1080. The fraction of sp³-hybridized carbons (Fsp3) is 0.750. The summed E-state index contributed by atoms with van der Waals surface area (Å²) in [5.74, 6) is 3.29. The van der Waals surface area contributed by atoms with Crippen LogP contribution >= 0.6 is 0 Å². The first kappa shape index (κ1) is 27.6. The molecule has 0 radical (unpaired) electrons. The molecule has 1 aromatic rings. The van der Waals surface area contributed by atoms with E-state index < -0.39 is 0 Å². The van der Waals surface area contributed by atoms with Crippen molar-refractivity contribution < 1.29 is 14.3 Å². The normalized spacial score (nSPS) is 42.7. The molecular formula is C36H52O3. The lowest BCUT2D eigenvalue weighted by Gasteiger charge is -2.67. The molecule has 0 bridgehead atoms. The van der Waals surface area contributed by atoms with Crippen molar-refractivity contribution in [3.63, 3.8) is 0 Å². The van der Waals surface area contributed by atoms with Crippen LogP contribution in [0.5, 0.6) is 0 Å². The minimum absolute atomic E-state index is 0.0117. The van der Waals surface area contributed by atoms with Gasteiger partial charge in [-0.3, -0.25) is 4.79 Å². The van der Waals surface area contributed by atoms with Gasteiger partial charge in [-0.15, -0.1) is 0 Å². The zero-order chi connectivity index (χ0) is 27.4. The predicted octanol–water partition coefficient (Wildman–Crippen LogP) is 8.91. The molecule has 0 N–H and O–H groups in total. The molecule has 4 fully saturated rings. The van der Waals surface area contributed by atoms with Crippen molar-refractivity contribution in [3.8, 4) is 0 Å². The Morgan fingerprint density at radius 3 is 2.54 bits per heavy atom. The second-order valence-corrected chi connectivity index (χ2v) is 14.9. The molecule has 1 heterocycles. The van der Waals surface area contributed by atoms with E-state index >= 15 is 0 Å². The van der Waals surface area contributed by atoms with E-state index in [1.54, 1.807) is 5.57 Å². The largest absolute Gasteiger partial charge is 0.462 e. The lowest BCUT2D eigenvalue weighted by atomic mass is 9.42. The average molecular weight is 533 g/mol. The van der Waals surface area contributed by atoms with Crippen LogP contribution in [0.2, 0.25) is 0 Å². The van der Waals surface area contributed by atoms with Crippen LogP contribution in [0, 0.1) is 46.3 Å². The Morgan fingerprint density at radius 2 is 1.77 bits per heavy atom. The first-order valence-electron chi connectivity index (χ1n) is 16.3. The summed E-state index contributed by atoms with van der Waals surface area (Å²) in [6.45, 7) is 12.8. The van der Waals surface area contributed by atoms with E-state index in [-0.39, 0.29) is 28.5 Å². The summed E-state index contributed by atoms with van der Waals surface area (Å²) in [4.78, 5) is 12.6. The van der Waals surface area contributed by atoms with Crippen molar-refractivity contribution in [2.45, 2.75) is 124 Å². The van der Waals surface area contributed by atoms with Gasteiger partial charge >= 0.3 is 5.97 Å². The zero-order valence-electron chi connectivity index (χ0n) is 25.2. The van der Waals surface area contributed by atoms with Crippen molar-refractivity contribution in [1.29, 1.82) is 0 Å². The molecule has 7 unspecified atom stereocenters. The topological polar surface area (TPSA) is 35.5 Å². The number of esters is 1. The summed E-state index contributed by atoms with van der Waals surface area (Å²) in [7, 11) is 0. The molecule has 0 aromatic heterocycles. The number of hydrogen-bond donors (Lipinski definition) is 0. The third kappa shape index (κ3) is 4.45. The van der Waals surface area contributed by atoms with Gasteiger partial charge < -0.3 is 9.47 Å². The molecule has 4 aliphatic carbocycles. The van der Waals surface area contributed by atoms with Gasteiger partial charge in [-0.25, -0.2) is 0 Å². The molecule has 214 valence electrons. The number of carbonyl (C=O) groups is 1. The van der Waals surface area contributed by atoms with Gasteiger partial charge in [-0.1, -0.05) is 89.4 Å². The highest BCUT2D eigenvalue weighted by Gasteiger charge is 2.67.